The van der Waals surface area contributed by atoms with Crippen molar-refractivity contribution in [1.29, 1.82) is 0 Å². The molecule has 10 rings (SSSR count). The zero-order valence-corrected chi connectivity index (χ0v) is 30.5. The Morgan fingerprint density at radius 2 is 1.35 bits per heavy atom. The third kappa shape index (κ3) is 5.72. The Morgan fingerprint density at radius 3 is 2.09 bits per heavy atom. The van der Waals surface area contributed by atoms with E-state index in [1.54, 1.807) is 18.4 Å². The molecule has 0 atom stereocenters. The summed E-state index contributed by atoms with van der Waals surface area (Å²) in [7, 11) is 0. The van der Waals surface area contributed by atoms with Crippen LogP contribution < -0.4 is 10.6 Å². The molecule has 8 aromatic rings. The number of pyridine rings is 1. The maximum atomic E-state index is 5.92. The fourth-order valence-corrected chi connectivity index (χ4v) is 7.93. The van der Waals surface area contributed by atoms with E-state index >= 15 is 0 Å². The van der Waals surface area contributed by atoms with Gasteiger partial charge in [-0.2, -0.15) is 0 Å². The van der Waals surface area contributed by atoms with Crippen molar-refractivity contribution in [2.24, 2.45) is 5.73 Å². The standard InChI is InChI=1S/C45H34N6.C4H6/c46-26-14-21-35-29-38-42(50(35)43-27-32-16-10-12-24-40(32)48(43)33-17-5-2-6-18-33)30-37-36-22-11-13-25-41(36)51(45(37)47-38)44-28-31-15-4-1-9-23-39(31)49(44)34-19-7-3-8-20-34;1-3-4-2/h1-14,16-28,30H,15,29,46H2;3-4H,1-2H2/b26-14-,35-21+;. The zero-order valence-electron chi connectivity index (χ0n) is 30.5. The van der Waals surface area contributed by atoms with Crippen LogP contribution in [-0.4, -0.2) is 18.7 Å². The highest BCUT2D eigenvalue weighted by molar-refractivity contribution is 6.09. The van der Waals surface area contributed by atoms with Crippen LogP contribution in [0.4, 0.5) is 11.5 Å². The Balaban J connectivity index is 0.000000949. The number of hydrogen-bond donors (Lipinski definition) is 1. The first kappa shape index (κ1) is 33.5. The van der Waals surface area contributed by atoms with Crippen molar-refractivity contribution in [2.45, 2.75) is 12.8 Å². The molecule has 2 N–H and O–H groups in total. The lowest BCUT2D eigenvalue weighted by molar-refractivity contribution is 0.951. The number of anilines is 2. The molecule has 4 aromatic heterocycles. The van der Waals surface area contributed by atoms with Gasteiger partial charge >= 0.3 is 0 Å². The van der Waals surface area contributed by atoms with Crippen LogP contribution in [0.2, 0.25) is 0 Å². The van der Waals surface area contributed by atoms with Crippen molar-refractivity contribution < 1.29 is 0 Å². The fraction of sp³-hybridized carbons (Fsp3) is 0.0408. The van der Waals surface area contributed by atoms with E-state index in [0.717, 1.165) is 74.0 Å². The van der Waals surface area contributed by atoms with Crippen LogP contribution in [0.3, 0.4) is 0 Å². The Hall–Kier alpha value is -7.31. The largest absolute Gasteiger partial charge is 0.405 e. The minimum Gasteiger partial charge on any atom is -0.405 e. The van der Waals surface area contributed by atoms with Crippen molar-refractivity contribution in [3.05, 3.63) is 212 Å². The molecule has 0 bridgehead atoms. The number of nitrogens with two attached hydrogens (primary N) is 1. The van der Waals surface area contributed by atoms with Crippen LogP contribution >= 0.6 is 0 Å². The molecular weight excluding hydrogens is 673 g/mol. The molecule has 2 aliphatic rings. The first-order valence-electron chi connectivity index (χ1n) is 18.5. The van der Waals surface area contributed by atoms with E-state index in [-0.39, 0.29) is 0 Å². The number of fused-ring (bicyclic) bond motifs is 6. The van der Waals surface area contributed by atoms with Crippen molar-refractivity contribution in [3.63, 3.8) is 0 Å². The average molecular weight is 713 g/mol. The second kappa shape index (κ2) is 14.3. The van der Waals surface area contributed by atoms with E-state index in [9.17, 15) is 0 Å². The number of hydrogen-bond acceptors (Lipinski definition) is 3. The first-order valence-corrected chi connectivity index (χ1v) is 18.5. The Kier molecular flexibility index (Phi) is 8.69. The fourth-order valence-electron chi connectivity index (χ4n) is 7.93. The molecule has 6 heteroatoms. The molecule has 4 aromatic carbocycles. The van der Waals surface area contributed by atoms with Crippen LogP contribution in [0.1, 0.15) is 17.0 Å². The summed E-state index contributed by atoms with van der Waals surface area (Å²) in [6, 6.07) is 45.5. The summed E-state index contributed by atoms with van der Waals surface area (Å²) >= 11 is 0. The molecule has 55 heavy (non-hydrogen) atoms. The van der Waals surface area contributed by atoms with Crippen LogP contribution in [0.25, 0.3) is 56.1 Å². The van der Waals surface area contributed by atoms with Crippen LogP contribution in [-0.2, 0) is 12.8 Å². The molecule has 266 valence electrons. The number of rotatable bonds is 6. The van der Waals surface area contributed by atoms with E-state index in [0.29, 0.717) is 6.42 Å². The van der Waals surface area contributed by atoms with Crippen molar-refractivity contribution >= 4 is 50.4 Å². The maximum absolute atomic E-state index is 5.92. The molecule has 0 spiro atoms. The van der Waals surface area contributed by atoms with E-state index in [2.05, 4.69) is 190 Å². The SMILES string of the molecule is C=CC=C.N/C=C\C=C1/Cc2nc3c(cc2N1c1cc2ccccc2n1-c1ccccc1)c1ccccc1n3-c1cc2c(n1-c1ccccc1)C=CC=CC2. The van der Waals surface area contributed by atoms with Gasteiger partial charge in [-0.3, -0.25) is 18.6 Å². The summed E-state index contributed by atoms with van der Waals surface area (Å²) in [5.74, 6) is 2.13. The molecule has 0 radical (unpaired) electrons. The summed E-state index contributed by atoms with van der Waals surface area (Å²) in [5.41, 5.74) is 17.0. The van der Waals surface area contributed by atoms with Crippen LogP contribution in [0, 0.1) is 0 Å². The van der Waals surface area contributed by atoms with Gasteiger partial charge in [0.15, 0.2) is 0 Å². The maximum Gasteiger partial charge on any atom is 0.147 e. The monoisotopic (exact) mass is 712 g/mol. The third-order valence-corrected chi connectivity index (χ3v) is 10.3. The molecule has 1 aliphatic heterocycles. The van der Waals surface area contributed by atoms with Crippen molar-refractivity contribution in [1.82, 2.24) is 18.7 Å². The Morgan fingerprint density at radius 1 is 0.655 bits per heavy atom. The molecule has 6 nitrogen and oxygen atoms in total. The Labute approximate surface area is 320 Å². The first-order chi connectivity index (χ1) is 27.2. The van der Waals surface area contributed by atoms with E-state index < -0.39 is 0 Å². The van der Waals surface area contributed by atoms with Gasteiger partial charge in [0.05, 0.1) is 28.1 Å². The van der Waals surface area contributed by atoms with Gasteiger partial charge in [0.25, 0.3) is 0 Å². The van der Waals surface area contributed by atoms with E-state index in [1.165, 1.54) is 16.6 Å². The minimum absolute atomic E-state index is 0.664. The molecule has 5 heterocycles. The van der Waals surface area contributed by atoms with E-state index in [1.807, 2.05) is 6.08 Å². The highest BCUT2D eigenvalue weighted by Crippen LogP contribution is 2.46. The lowest BCUT2D eigenvalue weighted by atomic mass is 10.1. The predicted molar refractivity (Wildman–Crippen MR) is 231 cm³/mol. The topological polar surface area (TPSA) is 56.9 Å². The van der Waals surface area contributed by atoms with Crippen LogP contribution in [0.5, 0.6) is 0 Å². The highest BCUT2D eigenvalue weighted by atomic mass is 15.3. The van der Waals surface area contributed by atoms with Gasteiger partial charge in [0.1, 0.15) is 17.3 Å². The minimum atomic E-state index is 0.664. The highest BCUT2D eigenvalue weighted by Gasteiger charge is 2.32. The van der Waals surface area contributed by atoms with Gasteiger partial charge in [0, 0.05) is 39.7 Å². The normalized spacial score (nSPS) is 14.0. The van der Waals surface area contributed by atoms with E-state index in [4.69, 9.17) is 10.7 Å². The quantitative estimate of drug-likeness (QED) is 0.175. The summed E-state index contributed by atoms with van der Waals surface area (Å²) in [4.78, 5) is 7.96. The van der Waals surface area contributed by atoms with Gasteiger partial charge in [-0.25, -0.2) is 4.98 Å². The molecule has 0 unspecified atom stereocenters. The second-order valence-corrected chi connectivity index (χ2v) is 13.5. The molecule has 0 amide bonds. The second-order valence-electron chi connectivity index (χ2n) is 13.5. The van der Waals surface area contributed by atoms with Crippen molar-refractivity contribution in [2.75, 3.05) is 4.90 Å². The third-order valence-electron chi connectivity index (χ3n) is 10.3. The lowest BCUT2D eigenvalue weighted by Crippen LogP contribution is -2.15. The molecule has 0 fully saturated rings. The number of aromatic nitrogens is 4. The number of benzene rings is 4. The van der Waals surface area contributed by atoms with Gasteiger partial charge in [-0.05, 0) is 91.0 Å². The summed E-state index contributed by atoms with van der Waals surface area (Å²) in [6.07, 6.45) is 19.2. The smallest absolute Gasteiger partial charge is 0.147 e. The van der Waals surface area contributed by atoms with Gasteiger partial charge < -0.3 is 5.73 Å². The van der Waals surface area contributed by atoms with Crippen molar-refractivity contribution in [3.8, 4) is 17.2 Å². The Bertz CT molecular complexity index is 2850. The number of allylic oxidation sites excluding steroid dienone is 8. The van der Waals surface area contributed by atoms with Crippen LogP contribution in [0.15, 0.2) is 195 Å². The predicted octanol–water partition coefficient (Wildman–Crippen LogP) is 11.4. The lowest BCUT2D eigenvalue weighted by Gasteiger charge is -2.24. The van der Waals surface area contributed by atoms with Gasteiger partial charge in [0.2, 0.25) is 0 Å². The molecular formula is C49H40N6. The number of para-hydroxylation sites is 4. The summed E-state index contributed by atoms with van der Waals surface area (Å²) in [5, 5.41) is 3.45. The zero-order chi connectivity index (χ0) is 37.3. The summed E-state index contributed by atoms with van der Waals surface area (Å²) < 4.78 is 7.08. The van der Waals surface area contributed by atoms with Gasteiger partial charge in [-0.1, -0.05) is 116 Å². The summed E-state index contributed by atoms with van der Waals surface area (Å²) in [6.45, 7) is 6.72. The molecule has 0 saturated heterocycles. The average Bonchev–Trinajstić information content (AvgIpc) is 3.94. The molecule has 0 saturated carbocycles. The van der Waals surface area contributed by atoms with Gasteiger partial charge in [-0.15, -0.1) is 0 Å². The number of nitrogens with zero attached hydrogens (tertiary/aromatic N) is 5. The molecule has 1 aliphatic carbocycles.